The highest BCUT2D eigenvalue weighted by Crippen LogP contribution is 2.29. The fourth-order valence-corrected chi connectivity index (χ4v) is 2.99. The summed E-state index contributed by atoms with van der Waals surface area (Å²) in [6, 6.07) is 18.3. The van der Waals surface area contributed by atoms with E-state index < -0.39 is 0 Å². The molecule has 0 spiro atoms. The zero-order chi connectivity index (χ0) is 14.5. The van der Waals surface area contributed by atoms with E-state index in [-0.39, 0.29) is 0 Å². The van der Waals surface area contributed by atoms with Crippen LogP contribution in [0.2, 0.25) is 0 Å². The number of hydrogen-bond donors (Lipinski definition) is 1. The van der Waals surface area contributed by atoms with E-state index in [0.29, 0.717) is 5.54 Å². The second-order valence-corrected chi connectivity index (χ2v) is 6.18. The quantitative estimate of drug-likeness (QED) is 0.841. The van der Waals surface area contributed by atoms with E-state index in [9.17, 15) is 0 Å². The molecule has 0 aliphatic heterocycles. The number of hydrogen-bond acceptors (Lipinski definition) is 2. The molecule has 21 heavy (non-hydrogen) atoms. The average molecular weight is 281 g/mol. The van der Waals surface area contributed by atoms with Gasteiger partial charge in [0, 0.05) is 12.1 Å². The van der Waals surface area contributed by atoms with Crippen LogP contribution in [0.25, 0.3) is 0 Å². The molecule has 1 aliphatic carbocycles. The molecular formula is C19H23NO. The Morgan fingerprint density at radius 1 is 0.952 bits per heavy atom. The van der Waals surface area contributed by atoms with Gasteiger partial charge in [-0.2, -0.15) is 0 Å². The van der Waals surface area contributed by atoms with Crippen molar-refractivity contribution < 1.29 is 4.74 Å². The summed E-state index contributed by atoms with van der Waals surface area (Å²) in [5, 5.41) is 3.71. The first-order chi connectivity index (χ1) is 10.2. The lowest BCUT2D eigenvalue weighted by molar-refractivity contribution is 0.362. The van der Waals surface area contributed by atoms with Gasteiger partial charge in [-0.1, -0.05) is 43.2 Å². The van der Waals surface area contributed by atoms with Gasteiger partial charge >= 0.3 is 0 Å². The molecular weight excluding hydrogens is 258 g/mol. The second-order valence-electron chi connectivity index (χ2n) is 6.18. The number of nitrogens with one attached hydrogen (secondary N) is 1. The number of benzene rings is 2. The highest BCUT2D eigenvalue weighted by molar-refractivity contribution is 5.33. The summed E-state index contributed by atoms with van der Waals surface area (Å²) in [7, 11) is 0. The lowest BCUT2D eigenvalue weighted by Crippen LogP contribution is -2.38. The Morgan fingerprint density at radius 3 is 2.43 bits per heavy atom. The average Bonchev–Trinajstić information content (AvgIpc) is 2.94. The molecule has 0 aromatic heterocycles. The maximum absolute atomic E-state index is 5.89. The van der Waals surface area contributed by atoms with Crippen LogP contribution in [-0.4, -0.2) is 5.54 Å². The Hall–Kier alpha value is -1.80. The number of para-hydroxylation sites is 1. The molecule has 0 unspecified atom stereocenters. The van der Waals surface area contributed by atoms with Gasteiger partial charge in [-0.15, -0.1) is 0 Å². The topological polar surface area (TPSA) is 21.3 Å². The van der Waals surface area contributed by atoms with Gasteiger partial charge < -0.3 is 10.1 Å². The summed E-state index contributed by atoms with van der Waals surface area (Å²) in [4.78, 5) is 0. The predicted molar refractivity (Wildman–Crippen MR) is 86.7 cm³/mol. The van der Waals surface area contributed by atoms with E-state index in [1.807, 2.05) is 36.4 Å². The zero-order valence-electron chi connectivity index (χ0n) is 12.6. The molecule has 0 radical (unpaired) electrons. The Balaban J connectivity index is 1.63. The Morgan fingerprint density at radius 2 is 1.67 bits per heavy atom. The van der Waals surface area contributed by atoms with Gasteiger partial charge in [-0.05, 0) is 49.6 Å². The van der Waals surface area contributed by atoms with E-state index >= 15 is 0 Å². The van der Waals surface area contributed by atoms with Crippen LogP contribution in [0.3, 0.4) is 0 Å². The van der Waals surface area contributed by atoms with Crippen LogP contribution < -0.4 is 10.1 Å². The van der Waals surface area contributed by atoms with Gasteiger partial charge in [0.25, 0.3) is 0 Å². The molecule has 1 aliphatic rings. The summed E-state index contributed by atoms with van der Waals surface area (Å²) in [6.45, 7) is 3.24. The van der Waals surface area contributed by atoms with Crippen molar-refractivity contribution in [3.05, 3.63) is 60.2 Å². The molecule has 110 valence electrons. The minimum absolute atomic E-state index is 0.316. The first-order valence-electron chi connectivity index (χ1n) is 7.80. The van der Waals surface area contributed by atoms with Crippen molar-refractivity contribution >= 4 is 0 Å². The van der Waals surface area contributed by atoms with Crippen molar-refractivity contribution in [1.29, 1.82) is 0 Å². The van der Waals surface area contributed by atoms with Gasteiger partial charge in [0.2, 0.25) is 0 Å². The van der Waals surface area contributed by atoms with E-state index in [0.717, 1.165) is 18.0 Å². The van der Waals surface area contributed by atoms with Crippen molar-refractivity contribution in [3.8, 4) is 11.5 Å². The van der Waals surface area contributed by atoms with Gasteiger partial charge in [-0.25, -0.2) is 0 Å². The molecule has 0 heterocycles. The Kier molecular flexibility index (Phi) is 4.26. The SMILES string of the molecule is CC1(NCc2cccc(Oc3ccccc3)c2)CCCC1. The third kappa shape index (κ3) is 3.85. The van der Waals surface area contributed by atoms with Crippen molar-refractivity contribution in [2.45, 2.75) is 44.7 Å². The molecule has 0 bridgehead atoms. The Labute approximate surface area is 127 Å². The number of ether oxygens (including phenoxy) is 1. The van der Waals surface area contributed by atoms with Crippen LogP contribution in [0.15, 0.2) is 54.6 Å². The second kappa shape index (κ2) is 6.31. The molecule has 1 N–H and O–H groups in total. The summed E-state index contributed by atoms with van der Waals surface area (Å²) in [6.07, 6.45) is 5.27. The van der Waals surface area contributed by atoms with Gasteiger partial charge in [-0.3, -0.25) is 0 Å². The Bertz CT molecular complexity index is 573. The van der Waals surface area contributed by atoms with Gasteiger partial charge in [0.1, 0.15) is 11.5 Å². The standard InChI is InChI=1S/C19H23NO/c1-19(12-5-6-13-19)20-15-16-8-7-11-18(14-16)21-17-9-3-2-4-10-17/h2-4,7-11,14,20H,5-6,12-13,15H2,1H3. The molecule has 0 saturated heterocycles. The fraction of sp³-hybridized carbons (Fsp3) is 0.368. The van der Waals surface area contributed by atoms with Crippen molar-refractivity contribution in [2.24, 2.45) is 0 Å². The zero-order valence-corrected chi connectivity index (χ0v) is 12.6. The van der Waals surface area contributed by atoms with Crippen molar-refractivity contribution in [3.63, 3.8) is 0 Å². The van der Waals surface area contributed by atoms with Crippen LogP contribution in [0.4, 0.5) is 0 Å². The third-order valence-corrected chi connectivity index (χ3v) is 4.30. The fourth-order valence-electron chi connectivity index (χ4n) is 2.99. The molecule has 2 aromatic rings. The summed E-state index contributed by atoms with van der Waals surface area (Å²) >= 11 is 0. The van der Waals surface area contributed by atoms with Crippen LogP contribution in [-0.2, 0) is 6.54 Å². The largest absolute Gasteiger partial charge is 0.457 e. The number of rotatable bonds is 5. The summed E-state index contributed by atoms with van der Waals surface area (Å²) in [5.41, 5.74) is 1.59. The van der Waals surface area contributed by atoms with Crippen molar-refractivity contribution in [2.75, 3.05) is 0 Å². The van der Waals surface area contributed by atoms with E-state index in [2.05, 4.69) is 30.4 Å². The van der Waals surface area contributed by atoms with Crippen LogP contribution >= 0.6 is 0 Å². The van der Waals surface area contributed by atoms with Crippen LogP contribution in [0, 0.1) is 0 Å². The lowest BCUT2D eigenvalue weighted by Gasteiger charge is -2.25. The maximum atomic E-state index is 5.89. The smallest absolute Gasteiger partial charge is 0.127 e. The van der Waals surface area contributed by atoms with Crippen LogP contribution in [0.5, 0.6) is 11.5 Å². The molecule has 0 amide bonds. The molecule has 2 nitrogen and oxygen atoms in total. The van der Waals surface area contributed by atoms with Gasteiger partial charge in [0.15, 0.2) is 0 Å². The first kappa shape index (κ1) is 14.2. The highest BCUT2D eigenvalue weighted by Gasteiger charge is 2.27. The minimum Gasteiger partial charge on any atom is -0.457 e. The summed E-state index contributed by atoms with van der Waals surface area (Å²) in [5.74, 6) is 1.78. The third-order valence-electron chi connectivity index (χ3n) is 4.30. The van der Waals surface area contributed by atoms with Crippen LogP contribution in [0.1, 0.15) is 38.2 Å². The maximum Gasteiger partial charge on any atom is 0.127 e. The molecule has 2 heteroatoms. The first-order valence-corrected chi connectivity index (χ1v) is 7.80. The van der Waals surface area contributed by atoms with Crippen molar-refractivity contribution in [1.82, 2.24) is 5.32 Å². The van der Waals surface area contributed by atoms with Gasteiger partial charge in [0.05, 0.1) is 0 Å². The monoisotopic (exact) mass is 281 g/mol. The van der Waals surface area contributed by atoms with E-state index in [1.54, 1.807) is 0 Å². The minimum atomic E-state index is 0.316. The van der Waals surface area contributed by atoms with E-state index in [1.165, 1.54) is 31.2 Å². The van der Waals surface area contributed by atoms with E-state index in [4.69, 9.17) is 4.74 Å². The molecule has 3 rings (SSSR count). The normalized spacial score (nSPS) is 16.8. The highest BCUT2D eigenvalue weighted by atomic mass is 16.5. The predicted octanol–water partition coefficient (Wildman–Crippen LogP) is 4.90. The molecule has 2 aromatic carbocycles. The molecule has 0 atom stereocenters. The summed E-state index contributed by atoms with van der Waals surface area (Å²) < 4.78 is 5.89. The molecule has 1 saturated carbocycles. The lowest BCUT2D eigenvalue weighted by atomic mass is 10.0. The molecule has 1 fully saturated rings.